The Kier molecular flexibility index (Phi) is 5.23. The molecule has 0 atom stereocenters. The summed E-state index contributed by atoms with van der Waals surface area (Å²) in [7, 11) is -3.48. The van der Waals surface area contributed by atoms with Crippen LogP contribution in [0.1, 0.15) is 50.0 Å². The first-order valence-corrected chi connectivity index (χ1v) is 8.80. The molecule has 1 aromatic rings. The summed E-state index contributed by atoms with van der Waals surface area (Å²) in [6.07, 6.45) is 7.24. The molecule has 20 heavy (non-hydrogen) atoms. The standard InChI is InChI=1S/C14H24N2O3S/c1-11-14(9-13(10-15)19-11)20(17,18)16-8-7-12-5-3-2-4-6-12/h9,12,16H,2-8,10,15H2,1H3. The summed E-state index contributed by atoms with van der Waals surface area (Å²) < 4.78 is 32.4. The number of furan rings is 1. The second kappa shape index (κ2) is 6.74. The van der Waals surface area contributed by atoms with E-state index in [0.717, 1.165) is 6.42 Å². The second-order valence-corrected chi connectivity index (χ2v) is 7.26. The smallest absolute Gasteiger partial charge is 0.244 e. The van der Waals surface area contributed by atoms with Crippen molar-refractivity contribution >= 4 is 10.0 Å². The van der Waals surface area contributed by atoms with Gasteiger partial charge in [0.25, 0.3) is 0 Å². The average Bonchev–Trinajstić information content (AvgIpc) is 2.82. The first-order chi connectivity index (χ1) is 9.53. The molecule has 0 aromatic carbocycles. The van der Waals surface area contributed by atoms with Crippen molar-refractivity contribution in [3.05, 3.63) is 17.6 Å². The Labute approximate surface area is 121 Å². The van der Waals surface area contributed by atoms with Gasteiger partial charge in [-0.3, -0.25) is 0 Å². The number of sulfonamides is 1. The minimum absolute atomic E-state index is 0.207. The summed E-state index contributed by atoms with van der Waals surface area (Å²) in [5.74, 6) is 1.56. The average molecular weight is 300 g/mol. The molecule has 114 valence electrons. The van der Waals surface area contributed by atoms with Gasteiger partial charge >= 0.3 is 0 Å². The lowest BCUT2D eigenvalue weighted by atomic mass is 9.87. The van der Waals surface area contributed by atoms with Crippen LogP contribution in [0.15, 0.2) is 15.4 Å². The van der Waals surface area contributed by atoms with Crippen LogP contribution in [0.25, 0.3) is 0 Å². The SMILES string of the molecule is Cc1oc(CN)cc1S(=O)(=O)NCCC1CCCCC1. The highest BCUT2D eigenvalue weighted by atomic mass is 32.2. The highest BCUT2D eigenvalue weighted by Crippen LogP contribution is 2.26. The van der Waals surface area contributed by atoms with Gasteiger partial charge in [0.2, 0.25) is 10.0 Å². The normalized spacial score (nSPS) is 17.5. The van der Waals surface area contributed by atoms with Crippen molar-refractivity contribution in [2.75, 3.05) is 6.54 Å². The van der Waals surface area contributed by atoms with Gasteiger partial charge in [-0.2, -0.15) is 0 Å². The third-order valence-corrected chi connectivity index (χ3v) is 5.55. The molecule has 0 aliphatic heterocycles. The van der Waals surface area contributed by atoms with Crippen molar-refractivity contribution in [2.24, 2.45) is 11.7 Å². The second-order valence-electron chi connectivity index (χ2n) is 5.53. The summed E-state index contributed by atoms with van der Waals surface area (Å²) in [6.45, 7) is 2.35. The van der Waals surface area contributed by atoms with Crippen molar-refractivity contribution in [1.29, 1.82) is 0 Å². The number of hydrogen-bond donors (Lipinski definition) is 2. The first-order valence-electron chi connectivity index (χ1n) is 7.32. The lowest BCUT2D eigenvalue weighted by Gasteiger charge is -2.21. The van der Waals surface area contributed by atoms with Crippen LogP contribution in [0.3, 0.4) is 0 Å². The molecule has 2 rings (SSSR count). The summed E-state index contributed by atoms with van der Waals surface area (Å²) in [5.41, 5.74) is 5.46. The molecular weight excluding hydrogens is 276 g/mol. The van der Waals surface area contributed by atoms with E-state index in [1.165, 1.54) is 38.2 Å². The van der Waals surface area contributed by atoms with Gasteiger partial charge < -0.3 is 10.2 Å². The molecule has 0 bridgehead atoms. The molecule has 0 unspecified atom stereocenters. The first kappa shape index (κ1) is 15.5. The van der Waals surface area contributed by atoms with Gasteiger partial charge in [0.15, 0.2) is 0 Å². The Balaban J connectivity index is 1.91. The third kappa shape index (κ3) is 3.84. The molecule has 1 fully saturated rings. The van der Waals surface area contributed by atoms with E-state index in [4.69, 9.17) is 10.2 Å². The number of rotatable bonds is 6. The van der Waals surface area contributed by atoms with E-state index in [1.54, 1.807) is 6.92 Å². The molecular formula is C14H24N2O3S. The molecule has 0 saturated heterocycles. The monoisotopic (exact) mass is 300 g/mol. The van der Waals surface area contributed by atoms with Gasteiger partial charge in [-0.05, 0) is 19.3 Å². The molecule has 1 aliphatic carbocycles. The molecule has 5 nitrogen and oxygen atoms in total. The fourth-order valence-corrected chi connectivity index (χ4v) is 4.09. The van der Waals surface area contributed by atoms with Crippen LogP contribution in [-0.4, -0.2) is 15.0 Å². The summed E-state index contributed by atoms with van der Waals surface area (Å²) >= 11 is 0. The third-order valence-electron chi connectivity index (χ3n) is 3.98. The molecule has 1 heterocycles. The van der Waals surface area contributed by atoms with Crippen molar-refractivity contribution < 1.29 is 12.8 Å². The van der Waals surface area contributed by atoms with Crippen LogP contribution in [0.4, 0.5) is 0 Å². The van der Waals surface area contributed by atoms with Crippen molar-refractivity contribution in [3.8, 4) is 0 Å². The van der Waals surface area contributed by atoms with E-state index >= 15 is 0 Å². The molecule has 0 spiro atoms. The van der Waals surface area contributed by atoms with E-state index in [-0.39, 0.29) is 11.4 Å². The summed E-state index contributed by atoms with van der Waals surface area (Å²) in [4.78, 5) is 0.210. The van der Waals surface area contributed by atoms with Gasteiger partial charge in [-0.15, -0.1) is 0 Å². The number of nitrogens with two attached hydrogens (primary N) is 1. The number of nitrogens with one attached hydrogen (secondary N) is 1. The lowest BCUT2D eigenvalue weighted by molar-refractivity contribution is 0.339. The largest absolute Gasteiger partial charge is 0.464 e. The van der Waals surface area contributed by atoms with Crippen LogP contribution in [0.5, 0.6) is 0 Å². The Morgan fingerprint density at radius 2 is 2.05 bits per heavy atom. The maximum Gasteiger partial charge on any atom is 0.244 e. The zero-order chi connectivity index (χ0) is 14.6. The van der Waals surface area contributed by atoms with E-state index in [2.05, 4.69) is 4.72 Å². The number of aryl methyl sites for hydroxylation is 1. The zero-order valence-corrected chi connectivity index (χ0v) is 12.8. The van der Waals surface area contributed by atoms with E-state index in [1.807, 2.05) is 0 Å². The molecule has 1 aliphatic rings. The van der Waals surface area contributed by atoms with Crippen molar-refractivity contribution in [1.82, 2.24) is 4.72 Å². The Bertz CT molecular complexity index is 531. The Morgan fingerprint density at radius 3 is 2.65 bits per heavy atom. The quantitative estimate of drug-likeness (QED) is 0.844. The van der Waals surface area contributed by atoms with Gasteiger partial charge in [-0.25, -0.2) is 13.1 Å². The lowest BCUT2D eigenvalue weighted by Crippen LogP contribution is -2.26. The topological polar surface area (TPSA) is 85.3 Å². The maximum absolute atomic E-state index is 12.2. The minimum Gasteiger partial charge on any atom is -0.464 e. The predicted octanol–water partition coefficient (Wildman–Crippen LogP) is 2.30. The van der Waals surface area contributed by atoms with E-state index < -0.39 is 10.0 Å². The predicted molar refractivity (Wildman–Crippen MR) is 77.7 cm³/mol. The molecule has 0 radical (unpaired) electrons. The fourth-order valence-electron chi connectivity index (χ4n) is 2.84. The molecule has 0 amide bonds. The maximum atomic E-state index is 12.2. The van der Waals surface area contributed by atoms with Crippen molar-refractivity contribution in [2.45, 2.75) is 56.9 Å². The van der Waals surface area contributed by atoms with E-state index in [9.17, 15) is 8.42 Å². The van der Waals surface area contributed by atoms with Crippen LogP contribution < -0.4 is 10.5 Å². The minimum atomic E-state index is -3.48. The van der Waals surface area contributed by atoms with E-state index in [0.29, 0.717) is 24.0 Å². The van der Waals surface area contributed by atoms with Gasteiger partial charge in [0.05, 0.1) is 6.54 Å². The molecule has 1 saturated carbocycles. The van der Waals surface area contributed by atoms with Gasteiger partial charge in [0.1, 0.15) is 16.4 Å². The van der Waals surface area contributed by atoms with Crippen molar-refractivity contribution in [3.63, 3.8) is 0 Å². The Hall–Kier alpha value is -0.850. The fraction of sp³-hybridized carbons (Fsp3) is 0.714. The molecule has 1 aromatic heterocycles. The molecule has 3 N–H and O–H groups in total. The highest BCUT2D eigenvalue weighted by Gasteiger charge is 2.21. The van der Waals surface area contributed by atoms with Gasteiger partial charge in [0, 0.05) is 12.6 Å². The summed E-state index contributed by atoms with van der Waals surface area (Å²) in [6, 6.07) is 1.51. The Morgan fingerprint density at radius 1 is 1.35 bits per heavy atom. The van der Waals surface area contributed by atoms with Gasteiger partial charge in [-0.1, -0.05) is 32.1 Å². The van der Waals surface area contributed by atoms with Crippen LogP contribution in [0.2, 0.25) is 0 Å². The summed E-state index contributed by atoms with van der Waals surface area (Å²) in [5, 5.41) is 0. The van der Waals surface area contributed by atoms with Crippen LogP contribution in [0, 0.1) is 12.8 Å². The highest BCUT2D eigenvalue weighted by molar-refractivity contribution is 7.89. The number of hydrogen-bond acceptors (Lipinski definition) is 4. The van der Waals surface area contributed by atoms with Crippen LogP contribution in [-0.2, 0) is 16.6 Å². The molecule has 6 heteroatoms. The van der Waals surface area contributed by atoms with Crippen LogP contribution >= 0.6 is 0 Å². The zero-order valence-electron chi connectivity index (χ0n) is 12.0.